The van der Waals surface area contributed by atoms with Crippen LogP contribution in [0, 0.1) is 0 Å². The number of sulfonamides is 1. The van der Waals surface area contributed by atoms with Gasteiger partial charge in [-0.3, -0.25) is 0 Å². The molecule has 0 fully saturated rings. The first-order valence-electron chi connectivity index (χ1n) is 8.22. The van der Waals surface area contributed by atoms with Crippen LogP contribution in [0.3, 0.4) is 0 Å². The van der Waals surface area contributed by atoms with Crippen LogP contribution in [0.15, 0.2) is 87.3 Å². The third-order valence-corrected chi connectivity index (χ3v) is 5.67. The Balaban J connectivity index is 1.79. The number of benzene rings is 3. The Bertz CT molecular complexity index is 1150. The number of esters is 1. The lowest BCUT2D eigenvalue weighted by Crippen LogP contribution is -2.18. The van der Waals surface area contributed by atoms with Crippen molar-refractivity contribution in [3.63, 3.8) is 0 Å². The summed E-state index contributed by atoms with van der Waals surface area (Å²) in [5.74, 6) is -0.305. The van der Waals surface area contributed by atoms with Gasteiger partial charge in [0.2, 0.25) is 0 Å². The fourth-order valence-corrected chi connectivity index (χ4v) is 3.57. The molecular weight excluding hydrogens is 480 g/mol. The minimum absolute atomic E-state index is 0.0176. The van der Waals surface area contributed by atoms with E-state index in [4.69, 9.17) is 16.3 Å². The van der Waals surface area contributed by atoms with Crippen molar-refractivity contribution < 1.29 is 17.9 Å². The predicted octanol–water partition coefficient (Wildman–Crippen LogP) is 4.63. The van der Waals surface area contributed by atoms with Crippen LogP contribution in [0.5, 0.6) is 5.75 Å². The lowest BCUT2D eigenvalue weighted by atomic mass is 10.2. The molecule has 3 aromatic carbocycles. The Kier molecular flexibility index (Phi) is 6.68. The summed E-state index contributed by atoms with van der Waals surface area (Å²) < 4.78 is 30.7. The van der Waals surface area contributed by atoms with Gasteiger partial charge in [-0.05, 0) is 54.6 Å². The standard InChI is InChI=1S/C20H14BrClN2O4S/c21-16-6-11-19(28-20(25)14-4-2-1-3-5-14)15(12-16)13-23-24-29(26,27)18-9-7-17(22)8-10-18/h1-13,24H. The van der Waals surface area contributed by atoms with Gasteiger partial charge < -0.3 is 4.74 Å². The van der Waals surface area contributed by atoms with Gasteiger partial charge in [0.25, 0.3) is 10.0 Å². The van der Waals surface area contributed by atoms with E-state index in [1.54, 1.807) is 48.5 Å². The van der Waals surface area contributed by atoms with Crippen molar-refractivity contribution >= 4 is 49.7 Å². The quantitative estimate of drug-likeness (QED) is 0.235. The van der Waals surface area contributed by atoms with Crippen LogP contribution in [0.4, 0.5) is 0 Å². The van der Waals surface area contributed by atoms with Crippen LogP contribution in [0.2, 0.25) is 5.02 Å². The van der Waals surface area contributed by atoms with Gasteiger partial charge in [-0.25, -0.2) is 9.63 Å². The lowest BCUT2D eigenvalue weighted by molar-refractivity contribution is 0.0734. The number of carbonyl (C=O) groups excluding carboxylic acids is 1. The number of ether oxygens (including phenoxy) is 1. The maximum Gasteiger partial charge on any atom is 0.343 e. The molecule has 1 N–H and O–H groups in total. The van der Waals surface area contributed by atoms with Crippen LogP contribution >= 0.6 is 27.5 Å². The van der Waals surface area contributed by atoms with E-state index in [0.29, 0.717) is 20.6 Å². The second-order valence-corrected chi connectivity index (χ2v) is 8.76. The number of nitrogens with zero attached hydrogens (tertiary/aromatic N) is 1. The monoisotopic (exact) mass is 492 g/mol. The van der Waals surface area contributed by atoms with Gasteiger partial charge >= 0.3 is 5.97 Å². The van der Waals surface area contributed by atoms with Crippen LogP contribution in [-0.4, -0.2) is 20.6 Å². The first kappa shape index (κ1) is 21.0. The molecule has 148 valence electrons. The second-order valence-electron chi connectivity index (χ2n) is 5.74. The van der Waals surface area contributed by atoms with Crippen molar-refractivity contribution in [3.05, 3.63) is 93.4 Å². The van der Waals surface area contributed by atoms with Crippen molar-refractivity contribution in [2.45, 2.75) is 4.90 Å². The third-order valence-electron chi connectivity index (χ3n) is 3.68. The zero-order valence-corrected chi connectivity index (χ0v) is 17.9. The fourth-order valence-electron chi connectivity index (χ4n) is 2.28. The third kappa shape index (κ3) is 5.66. The van der Waals surface area contributed by atoms with Gasteiger partial charge in [0.15, 0.2) is 0 Å². The molecule has 0 aliphatic heterocycles. The molecule has 0 aliphatic rings. The Labute approximate surface area is 181 Å². The van der Waals surface area contributed by atoms with E-state index in [1.165, 1.54) is 30.5 Å². The molecular formula is C20H14BrClN2O4S. The molecule has 0 amide bonds. The Morgan fingerprint density at radius 1 is 1.03 bits per heavy atom. The summed E-state index contributed by atoms with van der Waals surface area (Å²) in [5.41, 5.74) is 0.796. The highest BCUT2D eigenvalue weighted by atomic mass is 79.9. The van der Waals surface area contributed by atoms with Crippen LogP contribution < -0.4 is 9.57 Å². The highest BCUT2D eigenvalue weighted by Gasteiger charge is 2.13. The van der Waals surface area contributed by atoms with Crippen LogP contribution in [0.25, 0.3) is 0 Å². The summed E-state index contributed by atoms with van der Waals surface area (Å²) in [4.78, 5) is 14.4. The van der Waals surface area contributed by atoms with Crippen molar-refractivity contribution in [1.82, 2.24) is 4.83 Å². The molecule has 3 aromatic rings. The molecule has 0 spiro atoms. The summed E-state index contributed by atoms with van der Waals surface area (Å²) in [6.07, 6.45) is 1.26. The predicted molar refractivity (Wildman–Crippen MR) is 115 cm³/mol. The molecule has 9 heteroatoms. The zero-order valence-electron chi connectivity index (χ0n) is 14.7. The molecule has 0 aromatic heterocycles. The Morgan fingerprint density at radius 2 is 1.72 bits per heavy atom. The van der Waals surface area contributed by atoms with E-state index in [9.17, 15) is 13.2 Å². The van der Waals surface area contributed by atoms with Gasteiger partial charge in [0, 0.05) is 15.1 Å². The smallest absolute Gasteiger partial charge is 0.343 e. The van der Waals surface area contributed by atoms with Crippen LogP contribution in [-0.2, 0) is 10.0 Å². The first-order valence-corrected chi connectivity index (χ1v) is 10.9. The summed E-state index contributed by atoms with van der Waals surface area (Å²) in [5, 5.41) is 4.21. The number of rotatable bonds is 6. The average Bonchev–Trinajstić information content (AvgIpc) is 2.71. The van der Waals surface area contributed by atoms with Gasteiger partial charge in [0.05, 0.1) is 16.7 Å². The molecule has 0 saturated heterocycles. The molecule has 0 aliphatic carbocycles. The Morgan fingerprint density at radius 3 is 2.41 bits per heavy atom. The number of hydrogen-bond donors (Lipinski definition) is 1. The molecule has 29 heavy (non-hydrogen) atoms. The highest BCUT2D eigenvalue weighted by Crippen LogP contribution is 2.23. The average molecular weight is 494 g/mol. The number of halogens is 2. The van der Waals surface area contributed by atoms with Crippen LogP contribution in [0.1, 0.15) is 15.9 Å². The minimum Gasteiger partial charge on any atom is -0.422 e. The van der Waals surface area contributed by atoms with E-state index in [2.05, 4.69) is 25.9 Å². The molecule has 0 bridgehead atoms. The number of nitrogens with one attached hydrogen (secondary N) is 1. The fraction of sp³-hybridized carbons (Fsp3) is 0. The summed E-state index contributed by atoms with van der Waals surface area (Å²) in [6, 6.07) is 19.1. The zero-order chi connectivity index (χ0) is 20.9. The molecule has 0 radical (unpaired) electrons. The van der Waals surface area contributed by atoms with E-state index in [1.807, 2.05) is 0 Å². The second kappa shape index (κ2) is 9.21. The van der Waals surface area contributed by atoms with Crippen molar-refractivity contribution in [2.75, 3.05) is 0 Å². The number of hydrogen-bond acceptors (Lipinski definition) is 5. The number of carbonyl (C=O) groups is 1. The summed E-state index contributed by atoms with van der Waals surface area (Å²) in [7, 11) is -3.86. The normalized spacial score (nSPS) is 11.4. The Hall–Kier alpha value is -2.68. The number of hydrazone groups is 1. The maximum atomic E-state index is 12.3. The van der Waals surface area contributed by atoms with E-state index in [-0.39, 0.29) is 10.6 Å². The van der Waals surface area contributed by atoms with Gasteiger partial charge in [-0.1, -0.05) is 45.7 Å². The van der Waals surface area contributed by atoms with Crippen molar-refractivity contribution in [2.24, 2.45) is 5.10 Å². The largest absolute Gasteiger partial charge is 0.422 e. The van der Waals surface area contributed by atoms with Gasteiger partial charge in [0.1, 0.15) is 5.75 Å². The topological polar surface area (TPSA) is 84.8 Å². The molecule has 0 saturated carbocycles. The summed E-state index contributed by atoms with van der Waals surface area (Å²) in [6.45, 7) is 0. The van der Waals surface area contributed by atoms with E-state index < -0.39 is 16.0 Å². The minimum atomic E-state index is -3.86. The molecule has 3 rings (SSSR count). The first-order chi connectivity index (χ1) is 13.8. The van der Waals surface area contributed by atoms with Crippen molar-refractivity contribution in [3.8, 4) is 5.75 Å². The highest BCUT2D eigenvalue weighted by molar-refractivity contribution is 9.10. The molecule has 0 heterocycles. The molecule has 0 atom stereocenters. The molecule has 0 unspecified atom stereocenters. The van der Waals surface area contributed by atoms with Gasteiger partial charge in [-0.2, -0.15) is 13.5 Å². The maximum absolute atomic E-state index is 12.3. The SMILES string of the molecule is O=C(Oc1ccc(Br)cc1C=NNS(=O)(=O)c1ccc(Cl)cc1)c1ccccc1. The van der Waals surface area contributed by atoms with E-state index >= 15 is 0 Å². The van der Waals surface area contributed by atoms with Crippen molar-refractivity contribution in [1.29, 1.82) is 0 Å². The van der Waals surface area contributed by atoms with E-state index in [0.717, 1.165) is 0 Å². The lowest BCUT2D eigenvalue weighted by Gasteiger charge is -2.08. The molecule has 6 nitrogen and oxygen atoms in total. The van der Waals surface area contributed by atoms with Gasteiger partial charge in [-0.15, -0.1) is 0 Å². The summed E-state index contributed by atoms with van der Waals surface area (Å²) >= 11 is 9.10.